The maximum absolute atomic E-state index is 9.70. The van der Waals surface area contributed by atoms with Gasteiger partial charge in [-0.05, 0) is 25.1 Å². The van der Waals surface area contributed by atoms with Gasteiger partial charge in [0.15, 0.2) is 0 Å². The Labute approximate surface area is 86.3 Å². The van der Waals surface area contributed by atoms with E-state index in [9.17, 15) is 5.11 Å². The van der Waals surface area contributed by atoms with Gasteiger partial charge in [0.05, 0.1) is 4.34 Å². The van der Waals surface area contributed by atoms with Crippen molar-refractivity contribution in [3.8, 4) is 0 Å². The number of hydrogen-bond acceptors (Lipinski definition) is 4. The average molecular weight is 221 g/mol. The predicted octanol–water partition coefficient (Wildman–Crippen LogP) is 1.11. The number of aliphatic hydroxyl groups is 1. The first-order chi connectivity index (χ1) is 6.15. The van der Waals surface area contributed by atoms with Crippen LogP contribution >= 0.6 is 22.9 Å². The van der Waals surface area contributed by atoms with Crippen LogP contribution in [0.15, 0.2) is 12.1 Å². The Hall–Kier alpha value is -0.130. The van der Waals surface area contributed by atoms with Gasteiger partial charge in [0, 0.05) is 10.9 Å². The molecule has 5 heteroatoms. The van der Waals surface area contributed by atoms with Crippen LogP contribution in [0.5, 0.6) is 0 Å². The van der Waals surface area contributed by atoms with Gasteiger partial charge < -0.3 is 16.6 Å². The summed E-state index contributed by atoms with van der Waals surface area (Å²) in [5.41, 5.74) is 11.0. The molecule has 0 saturated heterocycles. The monoisotopic (exact) mass is 220 g/mol. The Balaban J connectivity index is 2.61. The number of hydrogen-bond donors (Lipinski definition) is 3. The number of thiophene rings is 1. The van der Waals surface area contributed by atoms with Gasteiger partial charge in [0.1, 0.15) is 6.10 Å². The highest BCUT2D eigenvalue weighted by atomic mass is 35.5. The molecule has 0 saturated carbocycles. The zero-order valence-electron chi connectivity index (χ0n) is 7.11. The third kappa shape index (κ3) is 2.93. The van der Waals surface area contributed by atoms with Crippen molar-refractivity contribution in [2.75, 3.05) is 6.54 Å². The molecule has 0 aliphatic heterocycles. The molecule has 0 aliphatic rings. The SMILES string of the molecule is NCCC(N)C(O)c1ccc(Cl)s1. The molecule has 0 spiro atoms. The molecule has 3 nitrogen and oxygen atoms in total. The Morgan fingerprint density at radius 1 is 1.54 bits per heavy atom. The van der Waals surface area contributed by atoms with Crippen LogP contribution in [0, 0.1) is 0 Å². The Morgan fingerprint density at radius 3 is 2.69 bits per heavy atom. The molecule has 1 heterocycles. The van der Waals surface area contributed by atoms with Gasteiger partial charge >= 0.3 is 0 Å². The average Bonchev–Trinajstić information content (AvgIpc) is 2.51. The Bertz CT molecular complexity index is 266. The van der Waals surface area contributed by atoms with Gasteiger partial charge in [-0.15, -0.1) is 11.3 Å². The molecule has 74 valence electrons. The van der Waals surface area contributed by atoms with Crippen molar-refractivity contribution in [3.63, 3.8) is 0 Å². The van der Waals surface area contributed by atoms with Crippen LogP contribution in [0.4, 0.5) is 0 Å². The van der Waals surface area contributed by atoms with E-state index in [1.54, 1.807) is 12.1 Å². The van der Waals surface area contributed by atoms with Crippen molar-refractivity contribution in [1.82, 2.24) is 0 Å². The topological polar surface area (TPSA) is 72.3 Å². The van der Waals surface area contributed by atoms with Crippen molar-refractivity contribution in [1.29, 1.82) is 0 Å². The lowest BCUT2D eigenvalue weighted by Crippen LogP contribution is -2.30. The summed E-state index contributed by atoms with van der Waals surface area (Å²) in [4.78, 5) is 0.797. The van der Waals surface area contributed by atoms with E-state index in [4.69, 9.17) is 23.1 Å². The number of rotatable bonds is 4. The van der Waals surface area contributed by atoms with Crippen molar-refractivity contribution < 1.29 is 5.11 Å². The van der Waals surface area contributed by atoms with Gasteiger partial charge in [0.25, 0.3) is 0 Å². The molecule has 2 atom stereocenters. The smallest absolute Gasteiger partial charge is 0.103 e. The van der Waals surface area contributed by atoms with Crippen molar-refractivity contribution >= 4 is 22.9 Å². The van der Waals surface area contributed by atoms with Crippen LogP contribution < -0.4 is 11.5 Å². The maximum Gasteiger partial charge on any atom is 0.103 e. The molecule has 0 aliphatic carbocycles. The predicted molar refractivity (Wildman–Crippen MR) is 55.9 cm³/mol. The van der Waals surface area contributed by atoms with Gasteiger partial charge in [0.2, 0.25) is 0 Å². The van der Waals surface area contributed by atoms with Crippen molar-refractivity contribution in [2.24, 2.45) is 11.5 Å². The van der Waals surface area contributed by atoms with Gasteiger partial charge in [-0.2, -0.15) is 0 Å². The second kappa shape index (κ2) is 4.93. The van der Waals surface area contributed by atoms with E-state index in [1.807, 2.05) is 0 Å². The van der Waals surface area contributed by atoms with Crippen LogP contribution in [0.1, 0.15) is 17.4 Å². The zero-order valence-corrected chi connectivity index (χ0v) is 8.68. The molecular weight excluding hydrogens is 208 g/mol. The van der Waals surface area contributed by atoms with E-state index in [1.165, 1.54) is 11.3 Å². The zero-order chi connectivity index (χ0) is 9.84. The molecule has 2 unspecified atom stereocenters. The van der Waals surface area contributed by atoms with E-state index >= 15 is 0 Å². The third-order valence-electron chi connectivity index (χ3n) is 1.79. The molecule has 13 heavy (non-hydrogen) atoms. The quantitative estimate of drug-likeness (QED) is 0.712. The minimum Gasteiger partial charge on any atom is -0.386 e. The lowest BCUT2D eigenvalue weighted by atomic mass is 10.1. The maximum atomic E-state index is 9.70. The Morgan fingerprint density at radius 2 is 2.23 bits per heavy atom. The minimum absolute atomic E-state index is 0.306. The summed E-state index contributed by atoms with van der Waals surface area (Å²) in [5, 5.41) is 9.70. The molecular formula is C8H13ClN2OS. The van der Waals surface area contributed by atoms with Crippen LogP contribution in [-0.2, 0) is 0 Å². The van der Waals surface area contributed by atoms with E-state index in [0.29, 0.717) is 17.3 Å². The largest absolute Gasteiger partial charge is 0.386 e. The molecule has 0 bridgehead atoms. The molecule has 1 rings (SSSR count). The highest BCUT2D eigenvalue weighted by Crippen LogP contribution is 2.28. The second-order valence-corrected chi connectivity index (χ2v) is 4.57. The summed E-state index contributed by atoms with van der Waals surface area (Å²) in [6, 6.07) is 3.23. The second-order valence-electron chi connectivity index (χ2n) is 2.83. The van der Waals surface area contributed by atoms with E-state index in [-0.39, 0.29) is 6.04 Å². The summed E-state index contributed by atoms with van der Waals surface area (Å²) in [6.45, 7) is 0.483. The first-order valence-corrected chi connectivity index (χ1v) is 5.23. The first-order valence-electron chi connectivity index (χ1n) is 4.04. The lowest BCUT2D eigenvalue weighted by Gasteiger charge is -2.16. The summed E-state index contributed by atoms with van der Waals surface area (Å²) < 4.78 is 0.661. The van der Waals surface area contributed by atoms with E-state index in [2.05, 4.69) is 0 Å². The van der Waals surface area contributed by atoms with Crippen LogP contribution in [-0.4, -0.2) is 17.7 Å². The number of aliphatic hydroxyl groups excluding tert-OH is 1. The minimum atomic E-state index is -0.652. The molecule has 0 fully saturated rings. The first kappa shape index (κ1) is 10.9. The Kier molecular flexibility index (Phi) is 4.15. The van der Waals surface area contributed by atoms with Crippen LogP contribution in [0.25, 0.3) is 0 Å². The molecule has 1 aromatic rings. The van der Waals surface area contributed by atoms with Gasteiger partial charge in [-0.1, -0.05) is 11.6 Å². The normalized spacial score (nSPS) is 15.7. The molecule has 0 amide bonds. The molecule has 0 radical (unpaired) electrons. The van der Waals surface area contributed by atoms with Crippen LogP contribution in [0.2, 0.25) is 4.34 Å². The highest BCUT2D eigenvalue weighted by molar-refractivity contribution is 7.16. The summed E-state index contributed by atoms with van der Waals surface area (Å²) in [7, 11) is 0. The van der Waals surface area contributed by atoms with Crippen LogP contribution in [0.3, 0.4) is 0 Å². The molecule has 5 N–H and O–H groups in total. The van der Waals surface area contributed by atoms with Crippen molar-refractivity contribution in [3.05, 3.63) is 21.3 Å². The third-order valence-corrected chi connectivity index (χ3v) is 3.09. The summed E-state index contributed by atoms with van der Waals surface area (Å²) in [5.74, 6) is 0. The van der Waals surface area contributed by atoms with Crippen molar-refractivity contribution in [2.45, 2.75) is 18.6 Å². The van der Waals surface area contributed by atoms with E-state index in [0.717, 1.165) is 4.88 Å². The highest BCUT2D eigenvalue weighted by Gasteiger charge is 2.17. The summed E-state index contributed by atoms with van der Waals surface area (Å²) in [6.07, 6.45) is -0.0440. The fourth-order valence-electron chi connectivity index (χ4n) is 1.05. The molecule has 1 aromatic heterocycles. The fraction of sp³-hybridized carbons (Fsp3) is 0.500. The lowest BCUT2D eigenvalue weighted by molar-refractivity contribution is 0.147. The number of halogens is 1. The summed E-state index contributed by atoms with van der Waals surface area (Å²) >= 11 is 7.07. The van der Waals surface area contributed by atoms with Gasteiger partial charge in [-0.25, -0.2) is 0 Å². The standard InChI is InChI=1S/C8H13ClN2OS/c9-7-2-1-6(13-7)8(12)5(11)3-4-10/h1-2,5,8,12H,3-4,10-11H2. The molecule has 0 aromatic carbocycles. The fourth-order valence-corrected chi connectivity index (χ4v) is 2.17. The van der Waals surface area contributed by atoms with E-state index < -0.39 is 6.10 Å². The van der Waals surface area contributed by atoms with Gasteiger partial charge in [-0.3, -0.25) is 0 Å². The number of nitrogens with two attached hydrogens (primary N) is 2.